The van der Waals surface area contributed by atoms with Crippen LogP contribution < -0.4 is 4.74 Å². The average Bonchev–Trinajstić information content (AvgIpc) is 2.55. The van der Waals surface area contributed by atoms with E-state index in [2.05, 4.69) is 62.8 Å². The summed E-state index contributed by atoms with van der Waals surface area (Å²) < 4.78 is 5.89. The van der Waals surface area contributed by atoms with Crippen LogP contribution in [-0.4, -0.2) is 18.5 Å². The second-order valence-corrected chi connectivity index (χ2v) is 7.18. The molecule has 130 valence electrons. The summed E-state index contributed by atoms with van der Waals surface area (Å²) in [6.07, 6.45) is 4.04. The summed E-state index contributed by atoms with van der Waals surface area (Å²) in [7, 11) is 2.10. The molecule has 2 aromatic rings. The number of allylic oxidation sites excluding steroid dienone is 1. The van der Waals surface area contributed by atoms with Gasteiger partial charge in [-0.25, -0.2) is 0 Å². The number of rotatable bonds is 6. The minimum atomic E-state index is 0.0510. The Morgan fingerprint density at radius 1 is 1.00 bits per heavy atom. The number of nitrogens with zero attached hydrogens (tertiary/aromatic N) is 1. The standard InChI is InChI=1S/C23H27NO/c1-23(2,3)16-9-6-10-17-24(4)19-20-12-11-15-22(18-20)25-21-13-7-5-8-14-21/h5-8,10-15,18H,17,19H2,1-4H3/b10-6+. The van der Waals surface area contributed by atoms with Crippen molar-refractivity contribution in [3.8, 4) is 23.3 Å². The van der Waals surface area contributed by atoms with Crippen molar-refractivity contribution in [2.75, 3.05) is 13.6 Å². The highest BCUT2D eigenvalue weighted by molar-refractivity contribution is 5.33. The number of para-hydroxylation sites is 1. The van der Waals surface area contributed by atoms with Gasteiger partial charge in [-0.2, -0.15) is 0 Å². The largest absolute Gasteiger partial charge is 0.457 e. The van der Waals surface area contributed by atoms with Crippen molar-refractivity contribution >= 4 is 0 Å². The molecule has 0 unspecified atom stereocenters. The van der Waals surface area contributed by atoms with Crippen molar-refractivity contribution in [2.24, 2.45) is 5.41 Å². The van der Waals surface area contributed by atoms with E-state index in [1.165, 1.54) is 5.56 Å². The van der Waals surface area contributed by atoms with Crippen LogP contribution in [0.2, 0.25) is 0 Å². The third-order valence-electron chi connectivity index (χ3n) is 3.40. The van der Waals surface area contributed by atoms with E-state index in [1.54, 1.807) is 0 Å². The van der Waals surface area contributed by atoms with E-state index in [0.717, 1.165) is 24.6 Å². The van der Waals surface area contributed by atoms with Crippen molar-refractivity contribution in [2.45, 2.75) is 27.3 Å². The maximum absolute atomic E-state index is 5.89. The third kappa shape index (κ3) is 7.74. The first-order chi connectivity index (χ1) is 11.9. The molecule has 2 heteroatoms. The van der Waals surface area contributed by atoms with Crippen LogP contribution in [0.25, 0.3) is 0 Å². The van der Waals surface area contributed by atoms with Gasteiger partial charge in [0.1, 0.15) is 11.5 Å². The molecule has 0 radical (unpaired) electrons. The lowest BCUT2D eigenvalue weighted by atomic mass is 9.98. The predicted octanol–water partition coefficient (Wildman–Crippen LogP) is 5.52. The molecule has 25 heavy (non-hydrogen) atoms. The van der Waals surface area contributed by atoms with E-state index in [0.29, 0.717) is 0 Å². The molecule has 0 N–H and O–H groups in total. The van der Waals surface area contributed by atoms with Crippen LogP contribution in [0.4, 0.5) is 0 Å². The fraction of sp³-hybridized carbons (Fsp3) is 0.304. The molecule has 0 fully saturated rings. The summed E-state index contributed by atoms with van der Waals surface area (Å²) in [6.45, 7) is 8.07. The molecule has 0 atom stereocenters. The first-order valence-electron chi connectivity index (χ1n) is 8.60. The van der Waals surface area contributed by atoms with Gasteiger partial charge in [-0.05, 0) is 63.7 Å². The second kappa shape index (κ2) is 9.11. The molecule has 0 aliphatic rings. The Morgan fingerprint density at radius 2 is 1.72 bits per heavy atom. The third-order valence-corrected chi connectivity index (χ3v) is 3.40. The Morgan fingerprint density at radius 3 is 2.44 bits per heavy atom. The molecule has 0 heterocycles. The molecule has 0 spiro atoms. The Labute approximate surface area is 152 Å². The van der Waals surface area contributed by atoms with Crippen molar-refractivity contribution in [1.82, 2.24) is 4.90 Å². The molecule has 0 aliphatic heterocycles. The van der Waals surface area contributed by atoms with E-state index in [-0.39, 0.29) is 5.41 Å². The summed E-state index contributed by atoms with van der Waals surface area (Å²) in [5.41, 5.74) is 1.28. The van der Waals surface area contributed by atoms with Gasteiger partial charge < -0.3 is 4.74 Å². The fourth-order valence-corrected chi connectivity index (χ4v) is 2.26. The van der Waals surface area contributed by atoms with Crippen molar-refractivity contribution in [3.63, 3.8) is 0 Å². The number of hydrogen-bond acceptors (Lipinski definition) is 2. The van der Waals surface area contributed by atoms with Gasteiger partial charge in [-0.15, -0.1) is 0 Å². The molecule has 0 amide bonds. The lowest BCUT2D eigenvalue weighted by molar-refractivity contribution is 0.362. The van der Waals surface area contributed by atoms with Crippen LogP contribution in [0.3, 0.4) is 0 Å². The maximum Gasteiger partial charge on any atom is 0.127 e. The van der Waals surface area contributed by atoms with Crippen LogP contribution in [0.15, 0.2) is 66.7 Å². The summed E-state index contributed by atoms with van der Waals surface area (Å²) in [4.78, 5) is 2.25. The smallest absolute Gasteiger partial charge is 0.127 e. The van der Waals surface area contributed by atoms with E-state index < -0.39 is 0 Å². The fourth-order valence-electron chi connectivity index (χ4n) is 2.26. The average molecular weight is 333 g/mol. The van der Waals surface area contributed by atoms with Crippen LogP contribution in [0.5, 0.6) is 11.5 Å². The number of benzene rings is 2. The topological polar surface area (TPSA) is 12.5 Å². The molecule has 2 nitrogen and oxygen atoms in total. The SMILES string of the molecule is CN(C/C=C/C#CC(C)(C)C)Cc1cccc(Oc2ccccc2)c1. The van der Waals surface area contributed by atoms with Gasteiger partial charge in [0.15, 0.2) is 0 Å². The van der Waals surface area contributed by atoms with Gasteiger partial charge in [0.05, 0.1) is 0 Å². The number of ether oxygens (including phenoxy) is 1. The van der Waals surface area contributed by atoms with Crippen LogP contribution in [-0.2, 0) is 6.54 Å². The predicted molar refractivity (Wildman–Crippen MR) is 106 cm³/mol. The Kier molecular flexibility index (Phi) is 6.86. The lowest BCUT2D eigenvalue weighted by Crippen LogP contribution is -2.17. The first kappa shape index (κ1) is 18.8. The van der Waals surface area contributed by atoms with E-state index in [4.69, 9.17) is 4.74 Å². The quantitative estimate of drug-likeness (QED) is 0.646. The monoisotopic (exact) mass is 333 g/mol. The maximum atomic E-state index is 5.89. The van der Waals surface area contributed by atoms with E-state index in [9.17, 15) is 0 Å². The Bertz CT molecular complexity index is 745. The van der Waals surface area contributed by atoms with Crippen LogP contribution in [0.1, 0.15) is 26.3 Å². The zero-order chi connectivity index (χ0) is 18.1. The Hall–Kier alpha value is -2.50. The van der Waals surface area contributed by atoms with E-state index >= 15 is 0 Å². The zero-order valence-corrected chi connectivity index (χ0v) is 15.6. The highest BCUT2D eigenvalue weighted by Crippen LogP contribution is 2.22. The lowest BCUT2D eigenvalue weighted by Gasteiger charge is -2.15. The molecule has 0 aliphatic carbocycles. The van der Waals surface area contributed by atoms with Gasteiger partial charge in [0.2, 0.25) is 0 Å². The minimum absolute atomic E-state index is 0.0510. The van der Waals surface area contributed by atoms with Crippen LogP contribution >= 0.6 is 0 Å². The summed E-state index contributed by atoms with van der Waals surface area (Å²) in [5, 5.41) is 0. The summed E-state index contributed by atoms with van der Waals surface area (Å²) in [5.74, 6) is 8.03. The van der Waals surface area contributed by atoms with Gasteiger partial charge in [0.25, 0.3) is 0 Å². The van der Waals surface area contributed by atoms with Crippen molar-refractivity contribution < 1.29 is 4.74 Å². The van der Waals surface area contributed by atoms with Gasteiger partial charge in [-0.3, -0.25) is 4.90 Å². The number of likely N-dealkylation sites (N-methyl/N-ethyl adjacent to an activating group) is 1. The van der Waals surface area contributed by atoms with E-state index in [1.807, 2.05) is 48.5 Å². The Balaban J connectivity index is 1.88. The first-order valence-corrected chi connectivity index (χ1v) is 8.60. The molecule has 2 aromatic carbocycles. The summed E-state index contributed by atoms with van der Waals surface area (Å²) in [6, 6.07) is 18.1. The van der Waals surface area contributed by atoms with Gasteiger partial charge in [-0.1, -0.05) is 48.2 Å². The van der Waals surface area contributed by atoms with Crippen LogP contribution in [0, 0.1) is 17.3 Å². The molecule has 0 aromatic heterocycles. The molecule has 0 saturated heterocycles. The minimum Gasteiger partial charge on any atom is -0.457 e. The number of hydrogen-bond donors (Lipinski definition) is 0. The molecular weight excluding hydrogens is 306 g/mol. The molecule has 0 bridgehead atoms. The molecular formula is C23H27NO. The molecule has 2 rings (SSSR count). The van der Waals surface area contributed by atoms with Crippen molar-refractivity contribution in [1.29, 1.82) is 0 Å². The summed E-state index contributed by atoms with van der Waals surface area (Å²) >= 11 is 0. The second-order valence-electron chi connectivity index (χ2n) is 7.18. The zero-order valence-electron chi connectivity index (χ0n) is 15.6. The normalized spacial score (nSPS) is 11.4. The van der Waals surface area contributed by atoms with Gasteiger partial charge >= 0.3 is 0 Å². The highest BCUT2D eigenvalue weighted by Gasteiger charge is 2.03. The van der Waals surface area contributed by atoms with Crippen molar-refractivity contribution in [3.05, 3.63) is 72.3 Å². The van der Waals surface area contributed by atoms with Gasteiger partial charge in [0, 0.05) is 18.5 Å². The highest BCUT2D eigenvalue weighted by atomic mass is 16.5. The molecule has 0 saturated carbocycles.